The van der Waals surface area contributed by atoms with Crippen LogP contribution in [0.4, 0.5) is 19.1 Å². The number of hydrogen-bond donors (Lipinski definition) is 1. The van der Waals surface area contributed by atoms with E-state index in [1.807, 2.05) is 45.9 Å². The summed E-state index contributed by atoms with van der Waals surface area (Å²) in [4.78, 5) is 37.8. The van der Waals surface area contributed by atoms with Crippen molar-refractivity contribution in [1.29, 1.82) is 0 Å². The zero-order valence-corrected chi connectivity index (χ0v) is 32.1. The number of nitrogens with zero attached hydrogens (tertiary/aromatic N) is 3. The molecule has 1 N–H and O–H groups in total. The Morgan fingerprint density at radius 2 is 1.67 bits per heavy atom. The number of anilines is 1. The molecule has 1 aliphatic heterocycles. The van der Waals surface area contributed by atoms with E-state index in [0.29, 0.717) is 36.9 Å². The minimum absolute atomic E-state index is 0.0113. The van der Waals surface area contributed by atoms with Crippen LogP contribution in [0.25, 0.3) is 11.3 Å². The van der Waals surface area contributed by atoms with E-state index >= 15 is 0 Å². The number of carbonyl (C=O) groups is 2. The topological polar surface area (TPSA) is 128 Å². The summed E-state index contributed by atoms with van der Waals surface area (Å²) in [6.07, 6.45) is -1.32. The Balaban J connectivity index is 1.29. The van der Waals surface area contributed by atoms with Crippen LogP contribution in [0.5, 0.6) is 5.88 Å². The first kappa shape index (κ1) is 38.1. The number of hydrogen-bond acceptors (Lipinski definition) is 8. The van der Waals surface area contributed by atoms with Gasteiger partial charge in [-0.15, -0.1) is 0 Å². The number of nitrogens with one attached hydrogen (secondary N) is 1. The molecule has 4 aliphatic rings. The highest BCUT2D eigenvalue weighted by Gasteiger charge is 2.64. The smallest absolute Gasteiger partial charge is 0.394 e. The van der Waals surface area contributed by atoms with Crippen molar-refractivity contribution in [2.24, 2.45) is 16.7 Å². The predicted octanol–water partition coefficient (Wildman–Crippen LogP) is 8.10. The second-order valence-electron chi connectivity index (χ2n) is 16.2. The van der Waals surface area contributed by atoms with Crippen LogP contribution >= 0.6 is 0 Å². The van der Waals surface area contributed by atoms with Crippen LogP contribution in [-0.2, 0) is 19.6 Å². The zero-order chi connectivity index (χ0) is 38.8. The van der Waals surface area contributed by atoms with Crippen molar-refractivity contribution in [2.45, 2.75) is 122 Å². The van der Waals surface area contributed by atoms with Crippen molar-refractivity contribution < 1.29 is 40.7 Å². The van der Waals surface area contributed by atoms with E-state index in [0.717, 1.165) is 29.5 Å². The second kappa shape index (κ2) is 13.8. The molecule has 10 nitrogen and oxygen atoms in total. The van der Waals surface area contributed by atoms with Gasteiger partial charge in [-0.2, -0.15) is 18.2 Å². The van der Waals surface area contributed by atoms with Gasteiger partial charge in [-0.05, 0) is 127 Å². The summed E-state index contributed by atoms with van der Waals surface area (Å²) in [5.41, 5.74) is 1.32. The van der Waals surface area contributed by atoms with Gasteiger partial charge in [-0.25, -0.2) is 18.1 Å². The van der Waals surface area contributed by atoms with Crippen LogP contribution in [0.3, 0.4) is 0 Å². The molecule has 54 heavy (non-hydrogen) atoms. The quantitative estimate of drug-likeness (QED) is 0.250. The van der Waals surface area contributed by atoms with Crippen LogP contribution in [0.15, 0.2) is 47.4 Å². The summed E-state index contributed by atoms with van der Waals surface area (Å²) in [7, 11) is -4.33. The molecule has 2 heterocycles. The van der Waals surface area contributed by atoms with Crippen LogP contribution in [-0.4, -0.2) is 66.1 Å². The lowest BCUT2D eigenvalue weighted by Crippen LogP contribution is -2.59. The van der Waals surface area contributed by atoms with Gasteiger partial charge in [0, 0.05) is 22.7 Å². The number of aromatic nitrogens is 2. The summed E-state index contributed by atoms with van der Waals surface area (Å²) in [5, 5.41) is 0. The average Bonchev–Trinajstić information content (AvgIpc) is 3.88. The fourth-order valence-corrected chi connectivity index (χ4v) is 9.81. The lowest BCUT2D eigenvalue weighted by atomic mass is 9.56. The van der Waals surface area contributed by atoms with Gasteiger partial charge < -0.3 is 14.4 Å². The number of amides is 1. The highest BCUT2D eigenvalue weighted by molar-refractivity contribution is 7.92. The van der Waals surface area contributed by atoms with Crippen LogP contribution < -0.4 is 9.46 Å². The molecule has 1 atom stereocenters. The number of benzene rings is 2. The fourth-order valence-electron chi connectivity index (χ4n) is 8.83. The van der Waals surface area contributed by atoms with Gasteiger partial charge in [-0.1, -0.05) is 24.3 Å². The van der Waals surface area contributed by atoms with Crippen LogP contribution in [0, 0.1) is 37.5 Å². The molecule has 4 bridgehead atoms. The van der Waals surface area contributed by atoms with Crippen molar-refractivity contribution in [2.75, 3.05) is 11.3 Å². The number of sulfonamides is 1. The Bertz CT molecular complexity index is 2050. The Hall–Kier alpha value is -4.20. The van der Waals surface area contributed by atoms with Crippen molar-refractivity contribution in [3.05, 3.63) is 64.7 Å². The SMILES string of the molecule is Cc1cccc(C)c1-c1nc2nc(c1C)OC[C@@H](CC1(C(F)(F)F)CC1)N(C1CC3(CCC(C(=O)OC(C)C)CC3)C1)C(=O)c1cccc(c1)S(=O)(=O)N2. The number of halogens is 3. The number of aryl methyl sites for hydroxylation is 2. The lowest BCUT2D eigenvalue weighted by Gasteiger charge is -2.56. The first-order valence-electron chi connectivity index (χ1n) is 18.7. The van der Waals surface area contributed by atoms with E-state index in [9.17, 15) is 31.2 Å². The molecule has 3 fully saturated rings. The molecule has 14 heteroatoms. The van der Waals surface area contributed by atoms with Crippen molar-refractivity contribution in [1.82, 2.24) is 14.9 Å². The Morgan fingerprint density at radius 3 is 2.28 bits per heavy atom. The molecular weight excluding hydrogens is 722 g/mol. The highest BCUT2D eigenvalue weighted by Crippen LogP contribution is 2.62. The fraction of sp³-hybridized carbons (Fsp3) is 0.550. The highest BCUT2D eigenvalue weighted by atomic mass is 32.2. The molecule has 1 spiro atoms. The van der Waals surface area contributed by atoms with Crippen molar-refractivity contribution in [3.63, 3.8) is 0 Å². The molecule has 0 radical (unpaired) electrons. The van der Waals surface area contributed by atoms with Crippen LogP contribution in [0.1, 0.15) is 98.7 Å². The minimum Gasteiger partial charge on any atom is -0.475 e. The van der Waals surface area contributed by atoms with E-state index in [1.54, 1.807) is 6.92 Å². The second-order valence-corrected chi connectivity index (χ2v) is 17.9. The van der Waals surface area contributed by atoms with E-state index in [-0.39, 0.29) is 71.6 Å². The number of carbonyl (C=O) groups excluding carboxylic acids is 2. The summed E-state index contributed by atoms with van der Waals surface area (Å²) >= 11 is 0. The third-order valence-electron chi connectivity index (χ3n) is 12.0. The molecule has 290 valence electrons. The van der Waals surface area contributed by atoms with Gasteiger partial charge in [0.25, 0.3) is 15.9 Å². The standard InChI is InChI=1S/C40H47F3N4O6S/c1-23(2)53-36(49)27-12-14-38(15-13-27)19-29(20-38)47-30(21-39(16-17-39)40(41,42)43)22-52-34-26(5)33(32-24(3)8-6-9-25(32)4)44-37(45-34)46-54(50,51)31-11-7-10-28(18-31)35(47)48/h6-11,18,23,27,29-30H,12-17,19-22H2,1-5H3,(H,44,45,46)/t27?,29?,30-,38?/m1/s1. The average molecular weight is 769 g/mol. The summed E-state index contributed by atoms with van der Waals surface area (Å²) in [5.74, 6) is -1.23. The van der Waals surface area contributed by atoms with Crippen molar-refractivity contribution in [3.8, 4) is 17.1 Å². The maximum absolute atomic E-state index is 14.7. The molecule has 0 saturated heterocycles. The molecule has 3 aliphatic carbocycles. The maximum atomic E-state index is 14.7. The molecule has 1 aromatic heterocycles. The van der Waals surface area contributed by atoms with E-state index in [1.165, 1.54) is 29.2 Å². The van der Waals surface area contributed by atoms with Gasteiger partial charge >= 0.3 is 12.1 Å². The molecule has 7 rings (SSSR count). The molecule has 0 unspecified atom stereocenters. The monoisotopic (exact) mass is 768 g/mol. The number of ether oxygens (including phenoxy) is 2. The molecular formula is C40H47F3N4O6S. The van der Waals surface area contributed by atoms with E-state index < -0.39 is 39.6 Å². The Kier molecular flexibility index (Phi) is 9.75. The van der Waals surface area contributed by atoms with Gasteiger partial charge in [0.1, 0.15) is 6.61 Å². The van der Waals surface area contributed by atoms with Gasteiger partial charge in [-0.3, -0.25) is 9.59 Å². The maximum Gasteiger partial charge on any atom is 0.394 e. The van der Waals surface area contributed by atoms with Gasteiger partial charge in [0.2, 0.25) is 11.8 Å². The van der Waals surface area contributed by atoms with E-state index in [4.69, 9.17) is 9.47 Å². The minimum atomic E-state index is -4.49. The molecule has 1 amide bonds. The summed E-state index contributed by atoms with van der Waals surface area (Å²) < 4.78 is 85.9. The van der Waals surface area contributed by atoms with E-state index in [2.05, 4.69) is 14.7 Å². The molecule has 3 aromatic rings. The van der Waals surface area contributed by atoms with Gasteiger partial charge in [0.05, 0.1) is 34.1 Å². The first-order chi connectivity index (χ1) is 25.4. The zero-order valence-electron chi connectivity index (χ0n) is 31.3. The number of alkyl halides is 3. The van der Waals surface area contributed by atoms with Gasteiger partial charge in [0.15, 0.2) is 0 Å². The summed E-state index contributed by atoms with van der Waals surface area (Å²) in [6, 6.07) is 9.81. The number of esters is 1. The lowest BCUT2D eigenvalue weighted by molar-refractivity contribution is -0.194. The third-order valence-corrected chi connectivity index (χ3v) is 13.3. The number of fused-ring (bicyclic) bond motifs is 4. The third kappa shape index (κ3) is 7.17. The predicted molar refractivity (Wildman–Crippen MR) is 195 cm³/mol. The molecule has 2 aromatic carbocycles. The summed E-state index contributed by atoms with van der Waals surface area (Å²) in [6.45, 7) is 8.87. The Morgan fingerprint density at radius 1 is 1.02 bits per heavy atom. The largest absolute Gasteiger partial charge is 0.475 e. The van der Waals surface area contributed by atoms with Crippen LogP contribution in [0.2, 0.25) is 0 Å². The number of rotatable bonds is 6. The Labute approximate surface area is 314 Å². The normalized spacial score (nSPS) is 26.1. The van der Waals surface area contributed by atoms with Crippen molar-refractivity contribution >= 4 is 27.8 Å². The first-order valence-corrected chi connectivity index (χ1v) is 20.2. The molecule has 3 saturated carbocycles.